The van der Waals surface area contributed by atoms with Gasteiger partial charge in [0.1, 0.15) is 5.75 Å². The lowest BCUT2D eigenvalue weighted by Gasteiger charge is -2.26. The molecule has 0 radical (unpaired) electrons. The molecule has 5 heteroatoms. The van der Waals surface area contributed by atoms with E-state index >= 15 is 0 Å². The molecule has 5 nitrogen and oxygen atoms in total. The molecule has 3 aromatic rings. The van der Waals surface area contributed by atoms with Crippen molar-refractivity contribution in [2.45, 2.75) is 13.0 Å². The predicted octanol–water partition coefficient (Wildman–Crippen LogP) is 4.31. The Morgan fingerprint density at radius 1 is 0.906 bits per heavy atom. The van der Waals surface area contributed by atoms with Crippen LogP contribution in [-0.4, -0.2) is 36.4 Å². The Balaban J connectivity index is 1.28. The van der Waals surface area contributed by atoms with E-state index in [0.717, 1.165) is 12.0 Å². The van der Waals surface area contributed by atoms with E-state index in [-0.39, 0.29) is 18.4 Å². The van der Waals surface area contributed by atoms with Gasteiger partial charge in [0, 0.05) is 25.2 Å². The maximum Gasteiger partial charge on any atom is 0.260 e. The number of benzene rings is 3. The number of nitrogens with zero attached hydrogens (tertiary/aromatic N) is 1. The predicted molar refractivity (Wildman–Crippen MR) is 125 cm³/mol. The SMILES string of the molecule is O=C(NCc1ccccc1)c1cccc(OCC(=O)N2CC=C(c3ccccc3)CC2)c1. The first-order valence-corrected chi connectivity index (χ1v) is 10.8. The highest BCUT2D eigenvalue weighted by atomic mass is 16.5. The van der Waals surface area contributed by atoms with Crippen molar-refractivity contribution in [2.24, 2.45) is 0 Å². The van der Waals surface area contributed by atoms with E-state index in [9.17, 15) is 9.59 Å². The molecular weight excluding hydrogens is 400 g/mol. The molecule has 1 heterocycles. The molecule has 0 fully saturated rings. The first kappa shape index (κ1) is 21.4. The zero-order valence-electron chi connectivity index (χ0n) is 17.9. The second-order valence-electron chi connectivity index (χ2n) is 7.67. The maximum atomic E-state index is 12.6. The van der Waals surface area contributed by atoms with Crippen molar-refractivity contribution in [3.63, 3.8) is 0 Å². The van der Waals surface area contributed by atoms with Crippen LogP contribution in [0.5, 0.6) is 5.75 Å². The van der Waals surface area contributed by atoms with Gasteiger partial charge in [-0.25, -0.2) is 0 Å². The van der Waals surface area contributed by atoms with Gasteiger partial charge in [-0.1, -0.05) is 72.8 Å². The molecule has 0 aromatic heterocycles. The molecule has 32 heavy (non-hydrogen) atoms. The maximum absolute atomic E-state index is 12.6. The van der Waals surface area contributed by atoms with E-state index in [4.69, 9.17) is 4.74 Å². The van der Waals surface area contributed by atoms with Crippen LogP contribution in [0.3, 0.4) is 0 Å². The quantitative estimate of drug-likeness (QED) is 0.612. The summed E-state index contributed by atoms with van der Waals surface area (Å²) in [6.45, 7) is 1.65. The van der Waals surface area contributed by atoms with Crippen molar-refractivity contribution in [3.05, 3.63) is 108 Å². The fourth-order valence-corrected chi connectivity index (χ4v) is 3.65. The van der Waals surface area contributed by atoms with Crippen LogP contribution in [-0.2, 0) is 11.3 Å². The number of amides is 2. The molecule has 1 aliphatic rings. The highest BCUT2D eigenvalue weighted by Gasteiger charge is 2.18. The van der Waals surface area contributed by atoms with Crippen LogP contribution in [0, 0.1) is 0 Å². The normalized spacial score (nSPS) is 13.2. The first-order chi connectivity index (χ1) is 15.7. The molecule has 2 amide bonds. The van der Waals surface area contributed by atoms with Crippen molar-refractivity contribution in [2.75, 3.05) is 19.7 Å². The van der Waals surface area contributed by atoms with Crippen molar-refractivity contribution < 1.29 is 14.3 Å². The molecular formula is C27H26N2O3. The molecule has 0 aliphatic carbocycles. The van der Waals surface area contributed by atoms with E-state index in [1.54, 1.807) is 29.2 Å². The Morgan fingerprint density at radius 2 is 1.66 bits per heavy atom. The lowest BCUT2D eigenvalue weighted by atomic mass is 10.00. The topological polar surface area (TPSA) is 58.6 Å². The van der Waals surface area contributed by atoms with Crippen LogP contribution in [0.15, 0.2) is 91.0 Å². The summed E-state index contributed by atoms with van der Waals surface area (Å²) in [4.78, 5) is 26.8. The highest BCUT2D eigenvalue weighted by Crippen LogP contribution is 2.22. The summed E-state index contributed by atoms with van der Waals surface area (Å²) in [5.74, 6) is 0.260. The van der Waals surface area contributed by atoms with Crippen molar-refractivity contribution in [1.29, 1.82) is 0 Å². The van der Waals surface area contributed by atoms with Crippen molar-refractivity contribution >= 4 is 17.4 Å². The van der Waals surface area contributed by atoms with Crippen LogP contribution in [0.1, 0.15) is 27.9 Å². The second-order valence-corrected chi connectivity index (χ2v) is 7.67. The van der Waals surface area contributed by atoms with E-state index in [0.29, 0.717) is 30.9 Å². The lowest BCUT2D eigenvalue weighted by Crippen LogP contribution is -2.37. The summed E-state index contributed by atoms with van der Waals surface area (Å²) >= 11 is 0. The molecule has 0 unspecified atom stereocenters. The minimum absolute atomic E-state index is 0.0520. The van der Waals surface area contributed by atoms with E-state index in [1.165, 1.54) is 11.1 Å². The molecule has 0 atom stereocenters. The summed E-state index contributed by atoms with van der Waals surface area (Å²) in [5.41, 5.74) is 4.01. The van der Waals surface area contributed by atoms with Gasteiger partial charge in [-0.3, -0.25) is 9.59 Å². The molecule has 1 aliphatic heterocycles. The largest absolute Gasteiger partial charge is 0.484 e. The van der Waals surface area contributed by atoms with Crippen LogP contribution < -0.4 is 10.1 Å². The van der Waals surface area contributed by atoms with Gasteiger partial charge in [-0.15, -0.1) is 0 Å². The molecule has 0 saturated heterocycles. The van der Waals surface area contributed by atoms with Gasteiger partial charge in [0.25, 0.3) is 11.8 Å². The number of ether oxygens (including phenoxy) is 1. The standard InChI is InChI=1S/C27H26N2O3/c30-26(29-16-14-23(15-17-29)22-10-5-2-6-11-22)20-32-25-13-7-12-24(18-25)27(31)28-19-21-8-3-1-4-9-21/h1-14,18H,15-17,19-20H2,(H,28,31). The van der Waals surface area contributed by atoms with Crippen LogP contribution in [0.25, 0.3) is 5.57 Å². The summed E-state index contributed by atoms with van der Waals surface area (Å²) in [7, 11) is 0. The van der Waals surface area contributed by atoms with Crippen LogP contribution in [0.4, 0.5) is 0 Å². The zero-order valence-corrected chi connectivity index (χ0v) is 17.9. The number of carbonyl (C=O) groups is 2. The van der Waals surface area contributed by atoms with Crippen LogP contribution >= 0.6 is 0 Å². The average molecular weight is 427 g/mol. The minimum Gasteiger partial charge on any atom is -0.484 e. The Labute approximate surface area is 188 Å². The molecule has 0 bridgehead atoms. The number of hydrogen-bond acceptors (Lipinski definition) is 3. The Bertz CT molecular complexity index is 1090. The second kappa shape index (κ2) is 10.4. The Hall–Kier alpha value is -3.86. The third-order valence-corrected chi connectivity index (χ3v) is 5.46. The van der Waals surface area contributed by atoms with Crippen molar-refractivity contribution in [1.82, 2.24) is 10.2 Å². The molecule has 0 saturated carbocycles. The van der Waals surface area contributed by atoms with Crippen LogP contribution in [0.2, 0.25) is 0 Å². The third-order valence-electron chi connectivity index (χ3n) is 5.46. The number of rotatable bonds is 7. The monoisotopic (exact) mass is 426 g/mol. The smallest absolute Gasteiger partial charge is 0.260 e. The third kappa shape index (κ3) is 5.64. The van der Waals surface area contributed by atoms with Gasteiger partial charge in [0.15, 0.2) is 6.61 Å². The molecule has 4 rings (SSSR count). The summed E-state index contributed by atoms with van der Waals surface area (Å²) in [5, 5.41) is 2.90. The molecule has 162 valence electrons. The fraction of sp³-hybridized carbons (Fsp3) is 0.185. The van der Waals surface area contributed by atoms with Gasteiger partial charge >= 0.3 is 0 Å². The Morgan fingerprint density at radius 3 is 2.38 bits per heavy atom. The summed E-state index contributed by atoms with van der Waals surface area (Å²) in [6, 6.07) is 26.9. The lowest BCUT2D eigenvalue weighted by molar-refractivity contribution is -0.132. The van der Waals surface area contributed by atoms with E-state index in [1.807, 2.05) is 48.5 Å². The minimum atomic E-state index is -0.180. The van der Waals surface area contributed by atoms with E-state index < -0.39 is 0 Å². The Kier molecular flexibility index (Phi) is 6.98. The van der Waals surface area contributed by atoms with Crippen molar-refractivity contribution in [3.8, 4) is 5.75 Å². The summed E-state index contributed by atoms with van der Waals surface area (Å²) in [6.07, 6.45) is 2.93. The number of hydrogen-bond donors (Lipinski definition) is 1. The highest BCUT2D eigenvalue weighted by molar-refractivity contribution is 5.94. The fourth-order valence-electron chi connectivity index (χ4n) is 3.65. The van der Waals surface area contributed by atoms with Gasteiger partial charge in [-0.2, -0.15) is 0 Å². The average Bonchev–Trinajstić information content (AvgIpc) is 2.87. The number of carbonyl (C=O) groups excluding carboxylic acids is 2. The van der Waals surface area contributed by atoms with Gasteiger partial charge in [0.05, 0.1) is 0 Å². The van der Waals surface area contributed by atoms with Gasteiger partial charge in [0.2, 0.25) is 0 Å². The van der Waals surface area contributed by atoms with E-state index in [2.05, 4.69) is 23.5 Å². The van der Waals surface area contributed by atoms with Gasteiger partial charge < -0.3 is 15.0 Å². The molecule has 3 aromatic carbocycles. The molecule has 1 N–H and O–H groups in total. The number of nitrogens with one attached hydrogen (secondary N) is 1. The summed E-state index contributed by atoms with van der Waals surface area (Å²) < 4.78 is 5.69. The molecule has 0 spiro atoms. The van der Waals surface area contributed by atoms with Gasteiger partial charge in [-0.05, 0) is 41.3 Å². The first-order valence-electron chi connectivity index (χ1n) is 10.8. The zero-order chi connectivity index (χ0) is 22.2.